The molecule has 0 spiro atoms. The molecular weight excluding hydrogens is 148 g/mol. The van der Waals surface area contributed by atoms with Crippen LogP contribution >= 0.6 is 0 Å². The van der Waals surface area contributed by atoms with Crippen LogP contribution in [0.5, 0.6) is 0 Å². The van der Waals surface area contributed by atoms with Crippen LogP contribution in [-0.2, 0) is 4.74 Å². The zero-order valence-corrected chi connectivity index (χ0v) is 7.89. The van der Waals surface area contributed by atoms with E-state index in [4.69, 9.17) is 4.74 Å². The van der Waals surface area contributed by atoms with Gasteiger partial charge in [0.05, 0.1) is 12.0 Å². The third kappa shape index (κ3) is 2.57. The Bertz CT molecular complexity index is 231. The van der Waals surface area contributed by atoms with E-state index in [0.717, 1.165) is 16.9 Å². The Morgan fingerprint density at radius 1 is 1.33 bits per heavy atom. The minimum atomic E-state index is 0.610. The van der Waals surface area contributed by atoms with E-state index in [2.05, 4.69) is 13.2 Å². The van der Waals surface area contributed by atoms with E-state index in [1.54, 1.807) is 6.26 Å². The molecule has 1 heteroatoms. The fourth-order valence-electron chi connectivity index (χ4n) is 0.766. The third-order valence-electron chi connectivity index (χ3n) is 2.09. The zero-order valence-electron chi connectivity index (χ0n) is 7.89. The minimum absolute atomic E-state index is 0.610. The van der Waals surface area contributed by atoms with Crippen molar-refractivity contribution >= 4 is 0 Å². The molecule has 1 fully saturated rings. The first-order valence-corrected chi connectivity index (χ1v) is 4.29. The van der Waals surface area contributed by atoms with Crippen LogP contribution in [-0.4, -0.2) is 0 Å². The summed E-state index contributed by atoms with van der Waals surface area (Å²) >= 11 is 0. The lowest BCUT2D eigenvalue weighted by Crippen LogP contribution is -1.87. The fourth-order valence-corrected chi connectivity index (χ4v) is 0.766. The first-order chi connectivity index (χ1) is 5.61. The molecule has 1 nitrogen and oxygen atoms in total. The van der Waals surface area contributed by atoms with Crippen LogP contribution < -0.4 is 0 Å². The molecule has 0 aromatic rings. The van der Waals surface area contributed by atoms with Crippen LogP contribution in [0.25, 0.3) is 0 Å². The van der Waals surface area contributed by atoms with E-state index in [-0.39, 0.29) is 0 Å². The normalized spacial score (nSPS) is 17.3. The molecule has 0 atom stereocenters. The van der Waals surface area contributed by atoms with Crippen LogP contribution in [0.3, 0.4) is 0 Å². The molecule has 0 bridgehead atoms. The van der Waals surface area contributed by atoms with Crippen molar-refractivity contribution in [2.75, 3.05) is 0 Å². The summed E-state index contributed by atoms with van der Waals surface area (Å²) in [6.07, 6.45) is 4.21. The Hall–Kier alpha value is -0.980. The summed E-state index contributed by atoms with van der Waals surface area (Å²) in [5, 5.41) is 0. The van der Waals surface area contributed by atoms with Crippen LogP contribution in [0, 0.1) is 5.92 Å². The summed E-state index contributed by atoms with van der Waals surface area (Å²) in [5.41, 5.74) is 2.12. The molecule has 0 amide bonds. The average molecular weight is 164 g/mol. The van der Waals surface area contributed by atoms with Crippen molar-refractivity contribution in [2.45, 2.75) is 26.7 Å². The predicted octanol–water partition coefficient (Wildman–Crippen LogP) is 3.41. The highest BCUT2D eigenvalue weighted by atomic mass is 16.5. The van der Waals surface area contributed by atoms with E-state index in [9.17, 15) is 0 Å². The van der Waals surface area contributed by atoms with Gasteiger partial charge in [0, 0.05) is 5.92 Å². The second-order valence-electron chi connectivity index (χ2n) is 3.44. The molecule has 12 heavy (non-hydrogen) atoms. The molecule has 0 saturated heterocycles. The molecule has 66 valence electrons. The summed E-state index contributed by atoms with van der Waals surface area (Å²) in [4.78, 5) is 0. The van der Waals surface area contributed by atoms with Crippen molar-refractivity contribution in [3.63, 3.8) is 0 Å². The summed E-state index contributed by atoms with van der Waals surface area (Å²) in [5.74, 6) is 1.51. The Labute approximate surface area is 74.4 Å². The molecule has 0 N–H and O–H groups in total. The molecule has 0 aromatic heterocycles. The van der Waals surface area contributed by atoms with Gasteiger partial charge < -0.3 is 4.74 Å². The van der Waals surface area contributed by atoms with E-state index in [0.29, 0.717) is 5.92 Å². The van der Waals surface area contributed by atoms with Crippen molar-refractivity contribution in [1.82, 2.24) is 0 Å². The highest BCUT2D eigenvalue weighted by molar-refractivity contribution is 5.22. The molecule has 0 unspecified atom stereocenters. The van der Waals surface area contributed by atoms with Crippen molar-refractivity contribution in [1.29, 1.82) is 0 Å². The van der Waals surface area contributed by atoms with Gasteiger partial charge in [-0.3, -0.25) is 0 Å². The Balaban J connectivity index is 2.36. The van der Waals surface area contributed by atoms with Crippen molar-refractivity contribution in [2.24, 2.45) is 5.92 Å². The van der Waals surface area contributed by atoms with Gasteiger partial charge in [-0.25, -0.2) is 0 Å². The maximum atomic E-state index is 5.37. The Morgan fingerprint density at radius 3 is 2.33 bits per heavy atom. The highest BCUT2D eigenvalue weighted by Crippen LogP contribution is 2.36. The third-order valence-corrected chi connectivity index (χ3v) is 2.09. The smallest absolute Gasteiger partial charge is 0.0991 e. The number of ether oxygens (including phenoxy) is 1. The Kier molecular flexibility index (Phi) is 2.74. The molecule has 0 aromatic carbocycles. The van der Waals surface area contributed by atoms with Crippen LogP contribution in [0.2, 0.25) is 0 Å². The molecule has 1 aliphatic carbocycles. The number of allylic oxidation sites excluding steroid dienone is 3. The van der Waals surface area contributed by atoms with Crippen LogP contribution in [0.1, 0.15) is 26.7 Å². The average Bonchev–Trinajstić information content (AvgIpc) is 2.81. The first-order valence-electron chi connectivity index (χ1n) is 4.29. The van der Waals surface area contributed by atoms with Gasteiger partial charge in [-0.15, -0.1) is 0 Å². The monoisotopic (exact) mass is 164 g/mol. The molecular formula is C11H16O. The highest BCUT2D eigenvalue weighted by Gasteiger charge is 2.25. The van der Waals surface area contributed by atoms with Gasteiger partial charge >= 0.3 is 0 Å². The van der Waals surface area contributed by atoms with Gasteiger partial charge in [0.1, 0.15) is 0 Å². The second-order valence-corrected chi connectivity index (χ2v) is 3.44. The molecule has 0 aliphatic heterocycles. The van der Waals surface area contributed by atoms with Crippen molar-refractivity contribution < 1.29 is 4.74 Å². The lowest BCUT2D eigenvalue weighted by Gasteiger charge is -2.03. The zero-order chi connectivity index (χ0) is 9.14. The Morgan fingerprint density at radius 2 is 1.92 bits per heavy atom. The predicted molar refractivity (Wildman–Crippen MR) is 51.5 cm³/mol. The topological polar surface area (TPSA) is 9.23 Å². The van der Waals surface area contributed by atoms with Gasteiger partial charge in [0.15, 0.2) is 0 Å². The summed E-state index contributed by atoms with van der Waals surface area (Å²) < 4.78 is 5.37. The fraction of sp³-hybridized carbons (Fsp3) is 0.455. The number of rotatable bonds is 4. The van der Waals surface area contributed by atoms with E-state index in [1.165, 1.54) is 12.8 Å². The first kappa shape index (κ1) is 9.11. The van der Waals surface area contributed by atoms with E-state index in [1.807, 2.05) is 13.8 Å². The molecule has 1 rings (SSSR count). The maximum absolute atomic E-state index is 5.37. The SMILES string of the molecule is C=C(C)/C(C)=C/OC(=C)C1CC1. The standard InChI is InChI=1S/C11H16O/c1-8(2)9(3)7-12-10(4)11-5-6-11/h7,11H,1,4-6H2,2-3H3/b9-7+. The van der Waals surface area contributed by atoms with Crippen LogP contribution in [0.15, 0.2) is 36.3 Å². The lowest BCUT2D eigenvalue weighted by atomic mass is 10.2. The summed E-state index contributed by atoms with van der Waals surface area (Å²) in [6.45, 7) is 11.6. The number of hydrogen-bond donors (Lipinski definition) is 0. The van der Waals surface area contributed by atoms with Crippen molar-refractivity contribution in [3.05, 3.63) is 36.3 Å². The summed E-state index contributed by atoms with van der Waals surface area (Å²) in [6, 6.07) is 0. The van der Waals surface area contributed by atoms with Crippen LogP contribution in [0.4, 0.5) is 0 Å². The maximum Gasteiger partial charge on any atom is 0.0991 e. The van der Waals surface area contributed by atoms with E-state index < -0.39 is 0 Å². The quantitative estimate of drug-likeness (QED) is 0.457. The molecule has 1 saturated carbocycles. The second kappa shape index (κ2) is 3.61. The summed E-state index contributed by atoms with van der Waals surface area (Å²) in [7, 11) is 0. The van der Waals surface area contributed by atoms with Gasteiger partial charge in [0.25, 0.3) is 0 Å². The largest absolute Gasteiger partial charge is 0.469 e. The molecule has 0 radical (unpaired) electrons. The van der Waals surface area contributed by atoms with E-state index >= 15 is 0 Å². The molecule has 0 heterocycles. The number of hydrogen-bond acceptors (Lipinski definition) is 1. The minimum Gasteiger partial charge on any atom is -0.469 e. The van der Waals surface area contributed by atoms with Crippen molar-refractivity contribution in [3.8, 4) is 0 Å². The van der Waals surface area contributed by atoms with Gasteiger partial charge in [-0.05, 0) is 32.3 Å². The lowest BCUT2D eigenvalue weighted by molar-refractivity contribution is 0.325. The van der Waals surface area contributed by atoms with Gasteiger partial charge in [-0.1, -0.05) is 18.7 Å². The molecule has 1 aliphatic rings. The van der Waals surface area contributed by atoms with Gasteiger partial charge in [-0.2, -0.15) is 0 Å². The van der Waals surface area contributed by atoms with Gasteiger partial charge in [0.2, 0.25) is 0 Å².